The van der Waals surface area contributed by atoms with Crippen LogP contribution >= 0.6 is 0 Å². The highest BCUT2D eigenvalue weighted by molar-refractivity contribution is 6.19. The number of rotatable bonds is 5. The molecule has 0 bridgehead atoms. The van der Waals surface area contributed by atoms with E-state index in [1.54, 1.807) is 0 Å². The Morgan fingerprint density at radius 3 is 1.45 bits per heavy atom. The van der Waals surface area contributed by atoms with Crippen LogP contribution in [-0.4, -0.2) is 0 Å². The first-order valence-electron chi connectivity index (χ1n) is 21.3. The van der Waals surface area contributed by atoms with Crippen molar-refractivity contribution >= 4 is 104 Å². The molecular weight excluding hydrogens is 751 g/mol. The highest BCUT2D eigenvalue weighted by atomic mass is 16.3. The second-order valence-electron chi connectivity index (χ2n) is 16.4. The summed E-state index contributed by atoms with van der Waals surface area (Å²) in [5.74, 6) is 0. The van der Waals surface area contributed by atoms with E-state index < -0.39 is 0 Å². The highest BCUT2D eigenvalue weighted by Crippen LogP contribution is 2.46. The summed E-state index contributed by atoms with van der Waals surface area (Å²) < 4.78 is 6.80. The van der Waals surface area contributed by atoms with E-state index in [0.29, 0.717) is 0 Å². The molecule has 0 radical (unpaired) electrons. The SMILES string of the molecule is c1ccc2c(c1)cc(-c1ccc(N(c3ccc4c(c3)oc3c5ccccc5ccc43)c3ccc(-c4cc5ccccc5c5ccccc45)c4ccccc34)cc1)c1ccccc12. The van der Waals surface area contributed by atoms with Crippen LogP contribution in [0.5, 0.6) is 0 Å². The van der Waals surface area contributed by atoms with Gasteiger partial charge in [-0.3, -0.25) is 0 Å². The minimum Gasteiger partial charge on any atom is -0.455 e. The van der Waals surface area contributed by atoms with Crippen LogP contribution in [-0.2, 0) is 0 Å². The first-order chi connectivity index (χ1) is 30.7. The van der Waals surface area contributed by atoms with Gasteiger partial charge in [0.05, 0.1) is 5.69 Å². The molecule has 0 unspecified atom stereocenters. The van der Waals surface area contributed by atoms with Crippen LogP contribution in [0.4, 0.5) is 17.1 Å². The minimum atomic E-state index is 0.863. The van der Waals surface area contributed by atoms with Gasteiger partial charge in [0.25, 0.3) is 0 Å². The minimum absolute atomic E-state index is 0.863. The first-order valence-corrected chi connectivity index (χ1v) is 21.3. The van der Waals surface area contributed by atoms with Gasteiger partial charge in [-0.1, -0.05) is 170 Å². The normalized spacial score (nSPS) is 11.9. The van der Waals surface area contributed by atoms with E-state index in [4.69, 9.17) is 4.42 Å². The first kappa shape index (κ1) is 34.6. The Kier molecular flexibility index (Phi) is 7.64. The third-order valence-electron chi connectivity index (χ3n) is 13.0. The van der Waals surface area contributed by atoms with E-state index in [1.165, 1.54) is 81.5 Å². The van der Waals surface area contributed by atoms with Crippen LogP contribution in [0.25, 0.3) is 109 Å². The van der Waals surface area contributed by atoms with E-state index in [0.717, 1.165) is 44.4 Å². The molecule has 0 saturated heterocycles. The fraction of sp³-hybridized carbons (Fsp3) is 0. The van der Waals surface area contributed by atoms with Gasteiger partial charge in [-0.15, -0.1) is 0 Å². The van der Waals surface area contributed by atoms with E-state index in [2.05, 4.69) is 229 Å². The van der Waals surface area contributed by atoms with Gasteiger partial charge >= 0.3 is 0 Å². The summed E-state index contributed by atoms with van der Waals surface area (Å²) in [4.78, 5) is 2.40. The molecule has 0 aliphatic rings. The Balaban J connectivity index is 1.03. The number of anilines is 3. The summed E-state index contributed by atoms with van der Waals surface area (Å²) in [6.45, 7) is 0. The molecule has 0 aliphatic carbocycles. The van der Waals surface area contributed by atoms with Crippen LogP contribution in [0.15, 0.2) is 229 Å². The van der Waals surface area contributed by atoms with E-state index in [-0.39, 0.29) is 0 Å². The zero-order valence-corrected chi connectivity index (χ0v) is 33.7. The predicted molar refractivity (Wildman–Crippen MR) is 264 cm³/mol. The molecule has 1 heterocycles. The predicted octanol–water partition coefficient (Wildman–Crippen LogP) is 17.3. The third-order valence-corrected chi connectivity index (χ3v) is 13.0. The molecule has 13 aromatic rings. The van der Waals surface area contributed by atoms with Crippen LogP contribution < -0.4 is 4.90 Å². The summed E-state index contributed by atoms with van der Waals surface area (Å²) in [5.41, 5.74) is 9.82. The van der Waals surface area contributed by atoms with Crippen LogP contribution in [0.1, 0.15) is 0 Å². The maximum Gasteiger partial charge on any atom is 0.143 e. The summed E-state index contributed by atoms with van der Waals surface area (Å²) in [5, 5.41) is 17.0. The summed E-state index contributed by atoms with van der Waals surface area (Å²) in [6.07, 6.45) is 0. The van der Waals surface area contributed by atoms with Crippen molar-refractivity contribution in [1.29, 1.82) is 0 Å². The van der Waals surface area contributed by atoms with Crippen LogP contribution in [0, 0.1) is 0 Å². The molecule has 12 aromatic carbocycles. The molecule has 1 aromatic heterocycles. The van der Waals surface area contributed by atoms with Crippen molar-refractivity contribution in [2.75, 3.05) is 4.90 Å². The number of benzene rings is 12. The zero-order chi connectivity index (χ0) is 40.7. The summed E-state index contributed by atoms with van der Waals surface area (Å²) >= 11 is 0. The molecule has 0 spiro atoms. The molecule has 0 aliphatic heterocycles. The van der Waals surface area contributed by atoms with Crippen LogP contribution in [0.3, 0.4) is 0 Å². The van der Waals surface area contributed by atoms with Gasteiger partial charge in [0.15, 0.2) is 0 Å². The lowest BCUT2D eigenvalue weighted by Gasteiger charge is -2.28. The molecule has 62 heavy (non-hydrogen) atoms. The Hall–Kier alpha value is -8.20. The lowest BCUT2D eigenvalue weighted by atomic mass is 9.90. The van der Waals surface area contributed by atoms with Crippen molar-refractivity contribution in [2.24, 2.45) is 0 Å². The molecule has 0 N–H and O–H groups in total. The van der Waals surface area contributed by atoms with E-state index in [1.807, 2.05) is 0 Å². The van der Waals surface area contributed by atoms with E-state index in [9.17, 15) is 0 Å². The van der Waals surface area contributed by atoms with Crippen LogP contribution in [0.2, 0.25) is 0 Å². The number of hydrogen-bond donors (Lipinski definition) is 0. The van der Waals surface area contributed by atoms with Gasteiger partial charge in [0, 0.05) is 39.0 Å². The largest absolute Gasteiger partial charge is 0.455 e. The topological polar surface area (TPSA) is 16.4 Å². The summed E-state index contributed by atoms with van der Waals surface area (Å²) in [7, 11) is 0. The Bertz CT molecular complexity index is 3930. The Labute approximate surface area is 358 Å². The van der Waals surface area contributed by atoms with Gasteiger partial charge in [0.2, 0.25) is 0 Å². The van der Waals surface area contributed by atoms with Gasteiger partial charge in [-0.25, -0.2) is 0 Å². The monoisotopic (exact) mass is 787 g/mol. The third kappa shape index (κ3) is 5.30. The average Bonchev–Trinajstić information content (AvgIpc) is 3.72. The van der Waals surface area contributed by atoms with Crippen molar-refractivity contribution in [3.05, 3.63) is 224 Å². The molecule has 2 nitrogen and oxygen atoms in total. The Morgan fingerprint density at radius 2 is 0.774 bits per heavy atom. The lowest BCUT2D eigenvalue weighted by Crippen LogP contribution is -2.10. The number of nitrogens with zero attached hydrogens (tertiary/aromatic N) is 1. The second kappa shape index (κ2) is 13.7. The lowest BCUT2D eigenvalue weighted by molar-refractivity contribution is 0.672. The van der Waals surface area contributed by atoms with Crippen molar-refractivity contribution in [3.63, 3.8) is 0 Å². The molecule has 288 valence electrons. The van der Waals surface area contributed by atoms with Crippen molar-refractivity contribution in [3.8, 4) is 22.3 Å². The maximum absolute atomic E-state index is 6.80. The second-order valence-corrected chi connectivity index (χ2v) is 16.4. The van der Waals surface area contributed by atoms with E-state index >= 15 is 0 Å². The average molecular weight is 788 g/mol. The molecule has 0 atom stereocenters. The molecule has 13 rings (SSSR count). The molecular formula is C60H37NO. The Morgan fingerprint density at radius 1 is 0.274 bits per heavy atom. The quantitative estimate of drug-likeness (QED) is 0.162. The van der Waals surface area contributed by atoms with Crippen molar-refractivity contribution in [2.45, 2.75) is 0 Å². The zero-order valence-electron chi connectivity index (χ0n) is 33.7. The van der Waals surface area contributed by atoms with Crippen molar-refractivity contribution in [1.82, 2.24) is 0 Å². The number of hydrogen-bond acceptors (Lipinski definition) is 2. The van der Waals surface area contributed by atoms with Gasteiger partial charge < -0.3 is 9.32 Å². The number of fused-ring (bicyclic) bond motifs is 12. The molecule has 0 saturated carbocycles. The van der Waals surface area contributed by atoms with Gasteiger partial charge in [0.1, 0.15) is 11.2 Å². The molecule has 0 fully saturated rings. The van der Waals surface area contributed by atoms with Gasteiger partial charge in [-0.2, -0.15) is 0 Å². The fourth-order valence-corrected chi connectivity index (χ4v) is 10.1. The van der Waals surface area contributed by atoms with Gasteiger partial charge in [-0.05, 0) is 125 Å². The highest BCUT2D eigenvalue weighted by Gasteiger charge is 2.21. The maximum atomic E-state index is 6.80. The molecule has 0 amide bonds. The standard InChI is InChI=1S/C60H37NO/c1-6-18-46-38(13-1)27-31-55-54-32-30-43(37-59(54)62-60(46)55)61(42-28-25-39(26-29-42)56-35-40-14-2-4-16-44(40)47-19-7-9-22-50(47)56)58-34-33-52(49-21-11-12-24-53(49)58)57-36-41-15-3-5-17-45(41)48-20-8-10-23-51(48)57/h1-37H. The number of furan rings is 1. The molecule has 2 heteroatoms. The van der Waals surface area contributed by atoms with Crippen molar-refractivity contribution < 1.29 is 4.42 Å². The summed E-state index contributed by atoms with van der Waals surface area (Å²) in [6, 6.07) is 81.9. The smallest absolute Gasteiger partial charge is 0.143 e. The fourth-order valence-electron chi connectivity index (χ4n) is 10.1.